The van der Waals surface area contributed by atoms with Crippen molar-refractivity contribution in [3.63, 3.8) is 0 Å². The molecule has 0 aliphatic heterocycles. The summed E-state index contributed by atoms with van der Waals surface area (Å²) in [6.45, 7) is 0. The average molecular weight is 342 g/mol. The lowest BCUT2D eigenvalue weighted by Gasteiger charge is -2.09. The molecule has 0 unspecified atom stereocenters. The number of carbonyl (C=O) groups is 1. The zero-order chi connectivity index (χ0) is 11.4. The summed E-state index contributed by atoms with van der Waals surface area (Å²) >= 11 is 6.18. The van der Waals surface area contributed by atoms with Crippen LogP contribution < -0.4 is 0 Å². The number of alkyl halides is 3. The minimum atomic E-state index is -2.55. The molecular weight excluding hydrogens is 334 g/mol. The molecule has 0 aliphatic carbocycles. The Labute approximate surface area is 103 Å². The van der Waals surface area contributed by atoms with Crippen LogP contribution in [0, 0.1) is 0 Å². The molecule has 1 rings (SSSR count). The van der Waals surface area contributed by atoms with E-state index in [0.717, 1.165) is 0 Å². The van der Waals surface area contributed by atoms with Gasteiger partial charge in [-0.05, 0) is 11.6 Å². The van der Waals surface area contributed by atoms with Crippen molar-refractivity contribution in [1.82, 2.24) is 0 Å². The zero-order valence-corrected chi connectivity index (χ0v) is 10.8. The minimum Gasteiger partial charge on any atom is -0.298 e. The predicted octanol–water partition coefficient (Wildman–Crippen LogP) is 3.89. The first-order valence-electron chi connectivity index (χ1n) is 4.19. The van der Waals surface area contributed by atoms with Crippen molar-refractivity contribution in [2.45, 2.75) is 12.8 Å². The minimum absolute atomic E-state index is 0.0202. The van der Waals surface area contributed by atoms with E-state index in [9.17, 15) is 13.6 Å². The van der Waals surface area contributed by atoms with Gasteiger partial charge in [-0.1, -0.05) is 44.0 Å². The highest BCUT2D eigenvalue weighted by molar-refractivity contribution is 9.10. The highest BCUT2D eigenvalue weighted by Gasteiger charge is 2.16. The second-order valence-electron chi connectivity index (χ2n) is 2.96. The predicted molar refractivity (Wildman–Crippen MR) is 61.6 cm³/mol. The van der Waals surface area contributed by atoms with Crippen molar-refractivity contribution >= 4 is 37.6 Å². The van der Waals surface area contributed by atoms with Crippen LogP contribution in [0.5, 0.6) is 0 Å². The van der Waals surface area contributed by atoms with E-state index < -0.39 is 6.43 Å². The van der Waals surface area contributed by atoms with Crippen LogP contribution in [0.4, 0.5) is 8.78 Å². The molecule has 1 nitrogen and oxygen atoms in total. The summed E-state index contributed by atoms with van der Waals surface area (Å²) in [5.41, 5.74) is 0.288. The third-order valence-corrected chi connectivity index (χ3v) is 3.28. The fourth-order valence-corrected chi connectivity index (χ4v) is 1.93. The Balaban J connectivity index is 3.07. The number of ketones is 1. The van der Waals surface area contributed by atoms with Gasteiger partial charge in [-0.2, -0.15) is 0 Å². The van der Waals surface area contributed by atoms with E-state index >= 15 is 0 Å². The van der Waals surface area contributed by atoms with Gasteiger partial charge in [0.05, 0.1) is 5.33 Å². The summed E-state index contributed by atoms with van der Waals surface area (Å²) in [5.74, 6) is -0.121. The van der Waals surface area contributed by atoms with Crippen LogP contribution in [0.1, 0.15) is 17.6 Å². The van der Waals surface area contributed by atoms with Gasteiger partial charge >= 0.3 is 0 Å². The molecule has 0 radical (unpaired) electrons. The second-order valence-corrected chi connectivity index (χ2v) is 4.37. The van der Waals surface area contributed by atoms with E-state index in [1.807, 2.05) is 0 Å². The fraction of sp³-hybridized carbons (Fsp3) is 0.300. The molecule has 82 valence electrons. The first kappa shape index (κ1) is 12.8. The number of rotatable bonds is 4. The van der Waals surface area contributed by atoms with Crippen molar-refractivity contribution in [1.29, 1.82) is 0 Å². The van der Waals surface area contributed by atoms with Crippen LogP contribution in [0.3, 0.4) is 0 Å². The first-order valence-corrected chi connectivity index (χ1v) is 6.10. The molecule has 0 spiro atoms. The number of halogens is 4. The monoisotopic (exact) mass is 340 g/mol. The fourth-order valence-electron chi connectivity index (χ4n) is 1.21. The summed E-state index contributed by atoms with van der Waals surface area (Å²) in [5, 5.41) is 0.178. The van der Waals surface area contributed by atoms with Gasteiger partial charge in [-0.15, -0.1) is 0 Å². The number of hydrogen-bond acceptors (Lipinski definition) is 1. The molecule has 0 bridgehead atoms. The first-order chi connectivity index (χ1) is 7.06. The SMILES string of the molecule is O=C(CBr)Cc1c(Br)cccc1C(F)F. The van der Waals surface area contributed by atoms with Crippen molar-refractivity contribution < 1.29 is 13.6 Å². The molecule has 15 heavy (non-hydrogen) atoms. The molecule has 1 aromatic rings. The average Bonchev–Trinajstić information content (AvgIpc) is 2.20. The van der Waals surface area contributed by atoms with Crippen LogP contribution in [0.2, 0.25) is 0 Å². The van der Waals surface area contributed by atoms with Crippen LogP contribution in [0.15, 0.2) is 22.7 Å². The summed E-state index contributed by atoms with van der Waals surface area (Å²) in [6.07, 6.45) is -2.53. The number of hydrogen-bond donors (Lipinski definition) is 0. The standard InChI is InChI=1S/C10H8Br2F2O/c11-5-6(15)4-8-7(10(13)14)2-1-3-9(8)12/h1-3,10H,4-5H2. The molecular formula is C10H8Br2F2O. The Hall–Kier alpha value is -0.290. The molecule has 0 heterocycles. The van der Waals surface area contributed by atoms with Gasteiger partial charge in [-0.25, -0.2) is 8.78 Å². The number of benzene rings is 1. The van der Waals surface area contributed by atoms with Gasteiger partial charge in [0.1, 0.15) is 5.78 Å². The molecule has 0 saturated heterocycles. The van der Waals surface area contributed by atoms with Gasteiger partial charge in [0.2, 0.25) is 0 Å². The molecule has 0 atom stereocenters. The van der Waals surface area contributed by atoms with Gasteiger partial charge in [0.15, 0.2) is 0 Å². The van der Waals surface area contributed by atoms with Crippen LogP contribution in [-0.2, 0) is 11.2 Å². The lowest BCUT2D eigenvalue weighted by atomic mass is 10.0. The maximum Gasteiger partial charge on any atom is 0.264 e. The van der Waals surface area contributed by atoms with E-state index in [0.29, 0.717) is 10.0 Å². The van der Waals surface area contributed by atoms with Crippen LogP contribution >= 0.6 is 31.9 Å². The molecule has 0 fully saturated rings. The van der Waals surface area contributed by atoms with Crippen molar-refractivity contribution in [3.8, 4) is 0 Å². The van der Waals surface area contributed by atoms with E-state index in [1.165, 1.54) is 12.1 Å². The van der Waals surface area contributed by atoms with Crippen molar-refractivity contribution in [2.24, 2.45) is 0 Å². The van der Waals surface area contributed by atoms with Gasteiger partial charge in [0.25, 0.3) is 6.43 Å². The summed E-state index contributed by atoms with van der Waals surface area (Å²) in [6, 6.07) is 4.53. The maximum absolute atomic E-state index is 12.6. The lowest BCUT2D eigenvalue weighted by molar-refractivity contribution is -0.115. The topological polar surface area (TPSA) is 17.1 Å². The van der Waals surface area contributed by atoms with E-state index in [4.69, 9.17) is 0 Å². The molecule has 0 saturated carbocycles. The summed E-state index contributed by atoms with van der Waals surface area (Å²) in [7, 11) is 0. The Kier molecular flexibility index (Phi) is 4.86. The largest absolute Gasteiger partial charge is 0.298 e. The summed E-state index contributed by atoms with van der Waals surface area (Å²) in [4.78, 5) is 11.2. The highest BCUT2D eigenvalue weighted by atomic mass is 79.9. The Morgan fingerprint density at radius 2 is 2.07 bits per heavy atom. The van der Waals surface area contributed by atoms with Crippen LogP contribution in [-0.4, -0.2) is 11.1 Å². The van der Waals surface area contributed by atoms with Crippen LogP contribution in [0.25, 0.3) is 0 Å². The maximum atomic E-state index is 12.6. The van der Waals surface area contributed by atoms with Gasteiger partial charge in [-0.3, -0.25) is 4.79 Å². The van der Waals surface area contributed by atoms with Crippen molar-refractivity contribution in [2.75, 3.05) is 5.33 Å². The van der Waals surface area contributed by atoms with E-state index in [1.54, 1.807) is 6.07 Å². The Morgan fingerprint density at radius 1 is 1.40 bits per heavy atom. The van der Waals surface area contributed by atoms with Gasteiger partial charge in [0, 0.05) is 16.5 Å². The molecule has 0 aliphatic rings. The zero-order valence-electron chi connectivity index (χ0n) is 7.64. The third kappa shape index (κ3) is 3.34. The number of Topliss-reactive ketones (excluding diaryl/α,β-unsaturated/α-hetero) is 1. The highest BCUT2D eigenvalue weighted by Crippen LogP contribution is 2.29. The smallest absolute Gasteiger partial charge is 0.264 e. The molecule has 5 heteroatoms. The quantitative estimate of drug-likeness (QED) is 0.759. The van der Waals surface area contributed by atoms with Crippen molar-refractivity contribution in [3.05, 3.63) is 33.8 Å². The normalized spacial score (nSPS) is 10.7. The number of carbonyl (C=O) groups excluding carboxylic acids is 1. The molecule has 0 amide bonds. The van der Waals surface area contributed by atoms with E-state index in [2.05, 4.69) is 31.9 Å². The molecule has 1 aromatic carbocycles. The summed E-state index contributed by atoms with van der Waals surface area (Å²) < 4.78 is 25.8. The third-order valence-electron chi connectivity index (χ3n) is 1.91. The van der Waals surface area contributed by atoms with Gasteiger partial charge < -0.3 is 0 Å². The Bertz CT molecular complexity index is 366. The second kappa shape index (κ2) is 5.70. The lowest BCUT2D eigenvalue weighted by Crippen LogP contribution is -2.07. The Morgan fingerprint density at radius 3 is 2.60 bits per heavy atom. The molecule has 0 aromatic heterocycles. The van der Waals surface area contributed by atoms with E-state index in [-0.39, 0.29) is 23.1 Å². The molecule has 0 N–H and O–H groups in total.